The highest BCUT2D eigenvalue weighted by molar-refractivity contribution is 5.59. The summed E-state index contributed by atoms with van der Waals surface area (Å²) in [4.78, 5) is 4.33. The Morgan fingerprint density at radius 3 is 2.88 bits per heavy atom. The van der Waals surface area contributed by atoms with Gasteiger partial charge in [0.1, 0.15) is 0 Å². The first-order chi connectivity index (χ1) is 7.72. The maximum Gasteiger partial charge on any atom is 0.258 e. The molecule has 0 bridgehead atoms. The smallest absolute Gasteiger partial charge is 0.258 e. The Kier molecular flexibility index (Phi) is 3.01. The normalized spacial score (nSPS) is 10.7. The summed E-state index contributed by atoms with van der Waals surface area (Å²) in [5.74, 6) is 1.27. The van der Waals surface area contributed by atoms with Crippen LogP contribution in [0.5, 0.6) is 0 Å². The Labute approximate surface area is 94.7 Å². The highest BCUT2D eigenvalue weighted by atomic mass is 16.5. The van der Waals surface area contributed by atoms with Crippen molar-refractivity contribution in [1.29, 1.82) is 0 Å². The Balaban J connectivity index is 2.39. The second kappa shape index (κ2) is 4.45. The fourth-order valence-corrected chi connectivity index (χ4v) is 1.58. The maximum absolute atomic E-state index is 5.24. The summed E-state index contributed by atoms with van der Waals surface area (Å²) in [5.41, 5.74) is 3.42. The number of hydrogen-bond acceptors (Lipinski definition) is 4. The molecule has 1 aromatic carbocycles. The molecule has 1 N–H and O–H groups in total. The van der Waals surface area contributed by atoms with Gasteiger partial charge in [0.2, 0.25) is 0 Å². The van der Waals surface area contributed by atoms with Crippen molar-refractivity contribution >= 4 is 0 Å². The minimum Gasteiger partial charge on any atom is -0.334 e. The molecule has 1 aromatic heterocycles. The van der Waals surface area contributed by atoms with Gasteiger partial charge in [-0.25, -0.2) is 0 Å². The van der Waals surface area contributed by atoms with Gasteiger partial charge in [-0.1, -0.05) is 17.3 Å². The van der Waals surface area contributed by atoms with E-state index in [2.05, 4.69) is 35.4 Å². The van der Waals surface area contributed by atoms with Crippen LogP contribution in [0.15, 0.2) is 22.7 Å². The van der Waals surface area contributed by atoms with Crippen LogP contribution in [0.25, 0.3) is 11.5 Å². The van der Waals surface area contributed by atoms with E-state index < -0.39 is 0 Å². The molecule has 0 aliphatic rings. The molecule has 0 aliphatic heterocycles. The third-order valence-electron chi connectivity index (χ3n) is 2.64. The van der Waals surface area contributed by atoms with Crippen molar-refractivity contribution in [3.8, 4) is 11.5 Å². The lowest BCUT2D eigenvalue weighted by molar-refractivity contribution is 0.420. The third-order valence-corrected chi connectivity index (χ3v) is 2.64. The van der Waals surface area contributed by atoms with Crippen LogP contribution in [0.2, 0.25) is 0 Å². The molecule has 2 rings (SSSR count). The molecular formula is C12H15N3O. The molecule has 2 aromatic rings. The lowest BCUT2D eigenvalue weighted by atomic mass is 10.0. The zero-order chi connectivity index (χ0) is 11.5. The molecule has 4 heteroatoms. The van der Waals surface area contributed by atoms with E-state index in [1.54, 1.807) is 0 Å². The molecule has 0 saturated heterocycles. The van der Waals surface area contributed by atoms with E-state index in [0.29, 0.717) is 18.3 Å². The van der Waals surface area contributed by atoms with Crippen molar-refractivity contribution in [1.82, 2.24) is 15.5 Å². The van der Waals surface area contributed by atoms with Gasteiger partial charge in [-0.05, 0) is 38.1 Å². The first kappa shape index (κ1) is 10.8. The van der Waals surface area contributed by atoms with Gasteiger partial charge in [0, 0.05) is 5.56 Å². The summed E-state index contributed by atoms with van der Waals surface area (Å²) >= 11 is 0. The molecule has 0 atom stereocenters. The molecule has 4 nitrogen and oxygen atoms in total. The SMILES string of the molecule is CNCc1noc(-c2cccc(C)c2C)n1. The second-order valence-corrected chi connectivity index (χ2v) is 3.79. The molecule has 0 radical (unpaired) electrons. The summed E-state index contributed by atoms with van der Waals surface area (Å²) in [7, 11) is 1.86. The Hall–Kier alpha value is -1.68. The molecule has 0 amide bonds. The lowest BCUT2D eigenvalue weighted by Crippen LogP contribution is -2.06. The molecule has 0 spiro atoms. The molecule has 0 unspecified atom stereocenters. The van der Waals surface area contributed by atoms with Crippen LogP contribution < -0.4 is 5.32 Å². The van der Waals surface area contributed by atoms with Crippen LogP contribution in [-0.4, -0.2) is 17.2 Å². The number of nitrogens with one attached hydrogen (secondary N) is 1. The topological polar surface area (TPSA) is 51.0 Å². The number of rotatable bonds is 3. The first-order valence-electron chi connectivity index (χ1n) is 5.26. The molecule has 0 saturated carbocycles. The highest BCUT2D eigenvalue weighted by Crippen LogP contribution is 2.23. The van der Waals surface area contributed by atoms with Gasteiger partial charge < -0.3 is 9.84 Å². The quantitative estimate of drug-likeness (QED) is 0.855. The van der Waals surface area contributed by atoms with Crippen molar-refractivity contribution in [3.05, 3.63) is 35.2 Å². The molecule has 1 heterocycles. The molecule has 0 aliphatic carbocycles. The zero-order valence-electron chi connectivity index (χ0n) is 9.74. The fraction of sp³-hybridized carbons (Fsp3) is 0.333. The number of aryl methyl sites for hydroxylation is 1. The van der Waals surface area contributed by atoms with E-state index in [1.807, 2.05) is 19.2 Å². The van der Waals surface area contributed by atoms with Gasteiger partial charge in [-0.3, -0.25) is 0 Å². The van der Waals surface area contributed by atoms with Gasteiger partial charge in [0.25, 0.3) is 5.89 Å². The number of hydrogen-bond donors (Lipinski definition) is 1. The number of nitrogens with zero attached hydrogens (tertiary/aromatic N) is 2. The van der Waals surface area contributed by atoms with Gasteiger partial charge in [0.15, 0.2) is 5.82 Å². The van der Waals surface area contributed by atoms with Gasteiger partial charge in [-0.15, -0.1) is 0 Å². The Bertz CT molecular complexity index is 491. The van der Waals surface area contributed by atoms with E-state index in [0.717, 1.165) is 5.56 Å². The zero-order valence-corrected chi connectivity index (χ0v) is 9.74. The predicted molar refractivity (Wildman–Crippen MR) is 62.0 cm³/mol. The fourth-order valence-electron chi connectivity index (χ4n) is 1.58. The number of aromatic nitrogens is 2. The molecule has 16 heavy (non-hydrogen) atoms. The van der Waals surface area contributed by atoms with E-state index in [-0.39, 0.29) is 0 Å². The minimum atomic E-state index is 0.589. The van der Waals surface area contributed by atoms with Crippen molar-refractivity contribution in [2.45, 2.75) is 20.4 Å². The first-order valence-corrected chi connectivity index (χ1v) is 5.26. The summed E-state index contributed by atoms with van der Waals surface area (Å²) < 4.78 is 5.24. The van der Waals surface area contributed by atoms with Crippen LogP contribution in [-0.2, 0) is 6.54 Å². The second-order valence-electron chi connectivity index (χ2n) is 3.79. The highest BCUT2D eigenvalue weighted by Gasteiger charge is 2.11. The largest absolute Gasteiger partial charge is 0.334 e. The van der Waals surface area contributed by atoms with Crippen LogP contribution in [0.4, 0.5) is 0 Å². The van der Waals surface area contributed by atoms with E-state index in [4.69, 9.17) is 4.52 Å². The third kappa shape index (κ3) is 1.97. The van der Waals surface area contributed by atoms with E-state index in [9.17, 15) is 0 Å². The summed E-state index contributed by atoms with van der Waals surface area (Å²) in [6.45, 7) is 4.75. The predicted octanol–water partition coefficient (Wildman–Crippen LogP) is 2.07. The lowest BCUT2D eigenvalue weighted by Gasteiger charge is -2.03. The Morgan fingerprint density at radius 2 is 2.12 bits per heavy atom. The van der Waals surface area contributed by atoms with Gasteiger partial charge in [-0.2, -0.15) is 4.98 Å². The monoisotopic (exact) mass is 217 g/mol. The minimum absolute atomic E-state index is 0.589. The average molecular weight is 217 g/mol. The summed E-state index contributed by atoms with van der Waals surface area (Å²) in [6.07, 6.45) is 0. The van der Waals surface area contributed by atoms with Crippen LogP contribution in [0.3, 0.4) is 0 Å². The summed E-state index contributed by atoms with van der Waals surface area (Å²) in [6, 6.07) is 6.07. The Morgan fingerprint density at radius 1 is 1.31 bits per heavy atom. The van der Waals surface area contributed by atoms with Crippen molar-refractivity contribution in [2.75, 3.05) is 7.05 Å². The van der Waals surface area contributed by atoms with Crippen molar-refractivity contribution in [3.63, 3.8) is 0 Å². The standard InChI is InChI=1S/C12H15N3O/c1-8-5-4-6-10(9(8)2)12-14-11(7-13-3)15-16-12/h4-6,13H,7H2,1-3H3. The van der Waals surface area contributed by atoms with Crippen LogP contribution >= 0.6 is 0 Å². The maximum atomic E-state index is 5.24. The summed E-state index contributed by atoms with van der Waals surface area (Å²) in [5, 5.41) is 6.89. The van der Waals surface area contributed by atoms with Crippen LogP contribution in [0.1, 0.15) is 17.0 Å². The molecular weight excluding hydrogens is 202 g/mol. The van der Waals surface area contributed by atoms with E-state index >= 15 is 0 Å². The number of benzene rings is 1. The van der Waals surface area contributed by atoms with Crippen molar-refractivity contribution < 1.29 is 4.52 Å². The molecule has 0 fully saturated rings. The van der Waals surface area contributed by atoms with Crippen LogP contribution in [0, 0.1) is 13.8 Å². The van der Waals surface area contributed by atoms with Gasteiger partial charge in [0.05, 0.1) is 6.54 Å². The van der Waals surface area contributed by atoms with Crippen molar-refractivity contribution in [2.24, 2.45) is 0 Å². The molecule has 84 valence electrons. The van der Waals surface area contributed by atoms with Gasteiger partial charge >= 0.3 is 0 Å². The van der Waals surface area contributed by atoms with E-state index in [1.165, 1.54) is 11.1 Å². The average Bonchev–Trinajstić information content (AvgIpc) is 2.71.